The average molecular weight is 248 g/mol. The van der Waals surface area contributed by atoms with Crippen molar-refractivity contribution in [3.05, 3.63) is 29.3 Å². The molecule has 0 radical (unpaired) electrons. The van der Waals surface area contributed by atoms with Crippen LogP contribution in [0.2, 0.25) is 0 Å². The van der Waals surface area contributed by atoms with Crippen molar-refractivity contribution in [1.29, 1.82) is 0 Å². The molecule has 1 heterocycles. The molecular formula is C15H24N2O. The number of nitrogens with one attached hydrogen (secondary N) is 1. The number of hydrogen-bond acceptors (Lipinski definition) is 3. The minimum atomic E-state index is 0.176. The molecule has 1 aromatic rings. The van der Waals surface area contributed by atoms with Crippen molar-refractivity contribution in [2.75, 3.05) is 31.1 Å². The summed E-state index contributed by atoms with van der Waals surface area (Å²) in [7, 11) is 0. The van der Waals surface area contributed by atoms with E-state index < -0.39 is 0 Å². The zero-order valence-corrected chi connectivity index (χ0v) is 11.6. The minimum Gasteiger partial charge on any atom is -0.394 e. The Morgan fingerprint density at radius 1 is 1.28 bits per heavy atom. The van der Waals surface area contributed by atoms with Crippen LogP contribution < -0.4 is 10.2 Å². The number of aliphatic hydroxyl groups is 1. The normalized spacial score (nSPS) is 25.0. The largest absolute Gasteiger partial charge is 0.394 e. The van der Waals surface area contributed by atoms with Crippen LogP contribution in [0, 0.1) is 19.8 Å². The average Bonchev–Trinajstić information content (AvgIpc) is 2.50. The van der Waals surface area contributed by atoms with E-state index in [-0.39, 0.29) is 12.6 Å². The third kappa shape index (κ3) is 2.68. The summed E-state index contributed by atoms with van der Waals surface area (Å²) >= 11 is 0. The van der Waals surface area contributed by atoms with E-state index in [1.165, 1.54) is 16.8 Å². The quantitative estimate of drug-likeness (QED) is 0.836. The summed E-state index contributed by atoms with van der Waals surface area (Å²) in [5.74, 6) is 0.598. The molecule has 0 aliphatic carbocycles. The molecule has 3 nitrogen and oxygen atoms in total. The first-order valence-corrected chi connectivity index (χ1v) is 6.78. The molecule has 0 aromatic heterocycles. The van der Waals surface area contributed by atoms with Crippen molar-refractivity contribution in [2.24, 2.45) is 5.92 Å². The molecule has 1 aliphatic rings. The third-order valence-electron chi connectivity index (χ3n) is 3.76. The highest BCUT2D eigenvalue weighted by Crippen LogP contribution is 2.27. The molecule has 0 bridgehead atoms. The van der Waals surface area contributed by atoms with Gasteiger partial charge in [0.1, 0.15) is 0 Å². The second kappa shape index (κ2) is 5.72. The number of aliphatic hydroxyl groups excluding tert-OH is 1. The van der Waals surface area contributed by atoms with Gasteiger partial charge in [-0.2, -0.15) is 0 Å². The van der Waals surface area contributed by atoms with E-state index in [4.69, 9.17) is 0 Å². The van der Waals surface area contributed by atoms with E-state index >= 15 is 0 Å². The highest BCUT2D eigenvalue weighted by molar-refractivity contribution is 5.59. The maximum absolute atomic E-state index is 9.63. The predicted octanol–water partition coefficient (Wildman–Crippen LogP) is 1.71. The van der Waals surface area contributed by atoms with Crippen LogP contribution in [-0.2, 0) is 0 Å². The maximum Gasteiger partial charge on any atom is 0.0647 e. The number of hydrogen-bond donors (Lipinski definition) is 2. The monoisotopic (exact) mass is 248 g/mol. The Labute approximate surface area is 110 Å². The topological polar surface area (TPSA) is 35.5 Å². The van der Waals surface area contributed by atoms with E-state index in [1.807, 2.05) is 0 Å². The van der Waals surface area contributed by atoms with Crippen molar-refractivity contribution in [3.8, 4) is 0 Å². The second-order valence-corrected chi connectivity index (χ2v) is 5.49. The number of benzene rings is 1. The molecule has 0 amide bonds. The Kier molecular flexibility index (Phi) is 4.25. The lowest BCUT2D eigenvalue weighted by Gasteiger charge is -2.34. The molecule has 1 saturated heterocycles. The van der Waals surface area contributed by atoms with E-state index in [9.17, 15) is 5.11 Å². The molecule has 0 spiro atoms. The van der Waals surface area contributed by atoms with E-state index in [2.05, 4.69) is 49.2 Å². The molecule has 1 fully saturated rings. The third-order valence-corrected chi connectivity index (χ3v) is 3.76. The van der Waals surface area contributed by atoms with Crippen molar-refractivity contribution in [2.45, 2.75) is 26.8 Å². The first-order chi connectivity index (χ1) is 8.63. The van der Waals surface area contributed by atoms with Gasteiger partial charge in [-0.05, 0) is 37.4 Å². The molecule has 2 rings (SSSR count). The molecule has 2 N–H and O–H groups in total. The maximum atomic E-state index is 9.63. The Hall–Kier alpha value is -1.06. The second-order valence-electron chi connectivity index (χ2n) is 5.49. The molecule has 1 aliphatic heterocycles. The fourth-order valence-electron chi connectivity index (χ4n) is 2.85. The lowest BCUT2D eigenvalue weighted by molar-refractivity contribution is 0.259. The molecule has 2 atom stereocenters. The van der Waals surface area contributed by atoms with Gasteiger partial charge in [-0.25, -0.2) is 0 Å². The number of nitrogens with zero attached hydrogens (tertiary/aromatic N) is 1. The zero-order chi connectivity index (χ0) is 13.1. The van der Waals surface area contributed by atoms with E-state index in [0.717, 1.165) is 19.6 Å². The van der Waals surface area contributed by atoms with Crippen molar-refractivity contribution >= 4 is 5.69 Å². The van der Waals surface area contributed by atoms with Gasteiger partial charge < -0.3 is 15.3 Å². The van der Waals surface area contributed by atoms with Gasteiger partial charge in [0.2, 0.25) is 0 Å². The Morgan fingerprint density at radius 2 is 1.94 bits per heavy atom. The number of aryl methyl sites for hydroxylation is 2. The summed E-state index contributed by atoms with van der Waals surface area (Å²) in [6, 6.07) is 6.58. The van der Waals surface area contributed by atoms with Gasteiger partial charge in [-0.3, -0.25) is 0 Å². The molecule has 3 heteroatoms. The lowest BCUT2D eigenvalue weighted by atomic mass is 10.0. The summed E-state index contributed by atoms with van der Waals surface area (Å²) in [6.45, 7) is 9.65. The van der Waals surface area contributed by atoms with Gasteiger partial charge in [0.05, 0.1) is 12.6 Å². The highest BCUT2D eigenvalue weighted by Gasteiger charge is 2.25. The molecule has 100 valence electrons. The van der Waals surface area contributed by atoms with E-state index in [0.29, 0.717) is 5.92 Å². The van der Waals surface area contributed by atoms with Crippen molar-refractivity contribution in [1.82, 2.24) is 5.32 Å². The Morgan fingerprint density at radius 3 is 2.56 bits per heavy atom. The standard InChI is InChI=1S/C15H24N2O/c1-11-7-16-8-14(10-18)17(9-11)15-12(2)5-4-6-13(15)3/h4-6,11,14,16,18H,7-10H2,1-3H3. The fraction of sp³-hybridized carbons (Fsp3) is 0.600. The molecule has 2 unspecified atom stereocenters. The van der Waals surface area contributed by atoms with Crippen LogP contribution in [0.3, 0.4) is 0 Å². The number of rotatable bonds is 2. The van der Waals surface area contributed by atoms with Gasteiger partial charge in [0.15, 0.2) is 0 Å². The first-order valence-electron chi connectivity index (χ1n) is 6.78. The Balaban J connectivity index is 2.37. The van der Waals surface area contributed by atoms with Gasteiger partial charge in [-0.15, -0.1) is 0 Å². The highest BCUT2D eigenvalue weighted by atomic mass is 16.3. The SMILES string of the molecule is Cc1cccc(C)c1N1CC(C)CNCC1CO. The predicted molar refractivity (Wildman–Crippen MR) is 76.2 cm³/mol. The van der Waals surface area contributed by atoms with Crippen LogP contribution in [-0.4, -0.2) is 37.4 Å². The number of anilines is 1. The van der Waals surface area contributed by atoms with Gasteiger partial charge >= 0.3 is 0 Å². The zero-order valence-electron chi connectivity index (χ0n) is 11.6. The Bertz CT molecular complexity index is 385. The van der Waals surface area contributed by atoms with Crippen molar-refractivity contribution in [3.63, 3.8) is 0 Å². The summed E-state index contributed by atoms with van der Waals surface area (Å²) < 4.78 is 0. The molecule has 0 saturated carbocycles. The van der Waals surface area contributed by atoms with Crippen LogP contribution in [0.4, 0.5) is 5.69 Å². The first kappa shape index (κ1) is 13.4. The summed E-state index contributed by atoms with van der Waals surface area (Å²) in [6.07, 6.45) is 0. The van der Waals surface area contributed by atoms with Crippen molar-refractivity contribution < 1.29 is 5.11 Å². The fourth-order valence-corrected chi connectivity index (χ4v) is 2.85. The summed E-state index contributed by atoms with van der Waals surface area (Å²) in [4.78, 5) is 2.38. The van der Waals surface area contributed by atoms with E-state index in [1.54, 1.807) is 0 Å². The molecular weight excluding hydrogens is 224 g/mol. The van der Waals surface area contributed by atoms with Gasteiger partial charge in [0.25, 0.3) is 0 Å². The van der Waals surface area contributed by atoms with Gasteiger partial charge in [0, 0.05) is 18.8 Å². The van der Waals surface area contributed by atoms with Crippen LogP contribution in [0.5, 0.6) is 0 Å². The molecule has 1 aromatic carbocycles. The minimum absolute atomic E-state index is 0.176. The van der Waals surface area contributed by atoms with Crippen LogP contribution in [0.15, 0.2) is 18.2 Å². The van der Waals surface area contributed by atoms with Crippen LogP contribution in [0.1, 0.15) is 18.1 Å². The lowest BCUT2D eigenvalue weighted by Crippen LogP contribution is -2.43. The summed E-state index contributed by atoms with van der Waals surface area (Å²) in [5.41, 5.74) is 3.89. The van der Waals surface area contributed by atoms with Crippen LogP contribution >= 0.6 is 0 Å². The van der Waals surface area contributed by atoms with Gasteiger partial charge in [-0.1, -0.05) is 25.1 Å². The summed E-state index contributed by atoms with van der Waals surface area (Å²) in [5, 5.41) is 13.1. The van der Waals surface area contributed by atoms with Crippen LogP contribution in [0.25, 0.3) is 0 Å². The smallest absolute Gasteiger partial charge is 0.0647 e. The number of para-hydroxylation sites is 1. The molecule has 18 heavy (non-hydrogen) atoms.